The summed E-state index contributed by atoms with van der Waals surface area (Å²) in [6, 6.07) is 3.86. The first-order valence-electron chi connectivity index (χ1n) is 4.68. The molecule has 0 fully saturated rings. The van der Waals surface area contributed by atoms with Crippen molar-refractivity contribution in [3.63, 3.8) is 0 Å². The van der Waals surface area contributed by atoms with Crippen LogP contribution in [0, 0.1) is 18.8 Å². The molecule has 0 atom stereocenters. The van der Waals surface area contributed by atoms with Gasteiger partial charge in [-0.15, -0.1) is 11.6 Å². The van der Waals surface area contributed by atoms with Crippen LogP contribution in [0.1, 0.15) is 23.1 Å². The molecule has 0 spiro atoms. The molecule has 1 aromatic rings. The van der Waals surface area contributed by atoms with Gasteiger partial charge in [-0.05, 0) is 30.7 Å². The zero-order valence-corrected chi connectivity index (χ0v) is 9.41. The highest BCUT2D eigenvalue weighted by atomic mass is 35.5. The van der Waals surface area contributed by atoms with E-state index in [-0.39, 0.29) is 5.56 Å². The summed E-state index contributed by atoms with van der Waals surface area (Å²) in [6.45, 7) is 1.43. The van der Waals surface area contributed by atoms with Crippen LogP contribution >= 0.6 is 11.6 Å². The van der Waals surface area contributed by atoms with Gasteiger partial charge in [-0.2, -0.15) is 13.2 Å². The summed E-state index contributed by atoms with van der Waals surface area (Å²) in [5, 5.41) is 0. The molecule has 1 rings (SSSR count). The second-order valence-electron chi connectivity index (χ2n) is 3.27. The van der Waals surface area contributed by atoms with Crippen LogP contribution in [-0.2, 0) is 6.18 Å². The maximum Gasteiger partial charge on any atom is 0.416 e. The number of hydrogen-bond acceptors (Lipinski definition) is 0. The van der Waals surface area contributed by atoms with Crippen LogP contribution < -0.4 is 0 Å². The van der Waals surface area contributed by atoms with Gasteiger partial charge in [0, 0.05) is 17.9 Å². The van der Waals surface area contributed by atoms with Crippen LogP contribution in [0.25, 0.3) is 0 Å². The predicted molar refractivity (Wildman–Crippen MR) is 58.4 cm³/mol. The van der Waals surface area contributed by atoms with E-state index >= 15 is 0 Å². The molecule has 0 nitrogen and oxygen atoms in total. The Morgan fingerprint density at radius 1 is 1.31 bits per heavy atom. The molecular formula is C12H10ClF3. The Morgan fingerprint density at radius 2 is 2.00 bits per heavy atom. The van der Waals surface area contributed by atoms with Gasteiger partial charge in [0.15, 0.2) is 0 Å². The highest BCUT2D eigenvalue weighted by Crippen LogP contribution is 2.31. The minimum absolute atomic E-state index is 0.185. The normalized spacial score (nSPS) is 10.8. The van der Waals surface area contributed by atoms with Gasteiger partial charge < -0.3 is 0 Å². The standard InChI is InChI=1S/C12H10ClF3/c1-9-8-10(4-2-3-7-13)5-6-11(9)12(14,15)16/h5-6,8H,3,7H2,1H3. The van der Waals surface area contributed by atoms with Crippen molar-refractivity contribution in [2.75, 3.05) is 5.88 Å². The molecule has 4 heteroatoms. The van der Waals surface area contributed by atoms with E-state index in [1.165, 1.54) is 19.1 Å². The number of benzene rings is 1. The summed E-state index contributed by atoms with van der Waals surface area (Å²) >= 11 is 5.43. The van der Waals surface area contributed by atoms with Gasteiger partial charge in [-0.25, -0.2) is 0 Å². The monoisotopic (exact) mass is 246 g/mol. The third kappa shape index (κ3) is 3.46. The lowest BCUT2D eigenvalue weighted by molar-refractivity contribution is -0.138. The Kier molecular flexibility index (Phi) is 4.26. The van der Waals surface area contributed by atoms with E-state index in [1.54, 1.807) is 0 Å². The van der Waals surface area contributed by atoms with Crippen LogP contribution in [0.5, 0.6) is 0 Å². The van der Waals surface area contributed by atoms with Crippen LogP contribution in [0.3, 0.4) is 0 Å². The predicted octanol–water partition coefficient (Wildman–Crippen LogP) is 3.99. The van der Waals surface area contributed by atoms with Gasteiger partial charge in [0.25, 0.3) is 0 Å². The van der Waals surface area contributed by atoms with Gasteiger partial charge in [0.05, 0.1) is 5.56 Å². The Hall–Kier alpha value is -1.14. The second kappa shape index (κ2) is 5.27. The molecule has 0 unspecified atom stereocenters. The second-order valence-corrected chi connectivity index (χ2v) is 3.65. The highest BCUT2D eigenvalue weighted by Gasteiger charge is 2.31. The SMILES string of the molecule is Cc1cc(C#CCCCl)ccc1C(F)(F)F. The van der Waals surface area contributed by atoms with Gasteiger partial charge in [-0.3, -0.25) is 0 Å². The number of aryl methyl sites for hydroxylation is 1. The van der Waals surface area contributed by atoms with Gasteiger partial charge in [-0.1, -0.05) is 11.8 Å². The topological polar surface area (TPSA) is 0 Å². The summed E-state index contributed by atoms with van der Waals surface area (Å²) in [6.07, 6.45) is -3.77. The van der Waals surface area contributed by atoms with Crippen LogP contribution in [0.15, 0.2) is 18.2 Å². The Balaban J connectivity index is 2.97. The summed E-state index contributed by atoms with van der Waals surface area (Å²) in [7, 11) is 0. The van der Waals surface area contributed by atoms with E-state index in [4.69, 9.17) is 11.6 Å². The molecule has 86 valence electrons. The molecule has 0 aliphatic carbocycles. The van der Waals surface area contributed by atoms with E-state index in [9.17, 15) is 13.2 Å². The average Bonchev–Trinajstić information content (AvgIpc) is 2.16. The summed E-state index contributed by atoms with van der Waals surface area (Å²) in [5.74, 6) is 5.96. The first-order valence-corrected chi connectivity index (χ1v) is 5.21. The minimum Gasteiger partial charge on any atom is -0.166 e. The molecule has 16 heavy (non-hydrogen) atoms. The lowest BCUT2D eigenvalue weighted by Gasteiger charge is -2.09. The fourth-order valence-corrected chi connectivity index (χ4v) is 1.37. The van der Waals surface area contributed by atoms with Crippen molar-refractivity contribution in [1.29, 1.82) is 0 Å². The summed E-state index contributed by atoms with van der Waals surface area (Å²) < 4.78 is 37.3. The first-order chi connectivity index (χ1) is 7.45. The van der Waals surface area contributed by atoms with E-state index in [2.05, 4.69) is 11.8 Å². The maximum atomic E-state index is 12.4. The molecule has 0 bridgehead atoms. The third-order valence-electron chi connectivity index (χ3n) is 1.98. The van der Waals surface area contributed by atoms with Crippen LogP contribution in [0.4, 0.5) is 13.2 Å². The molecule has 0 N–H and O–H groups in total. The molecule has 0 saturated heterocycles. The molecule has 0 aliphatic heterocycles. The molecule has 0 aliphatic rings. The Bertz CT molecular complexity index is 424. The van der Waals surface area contributed by atoms with Crippen molar-refractivity contribution in [3.8, 4) is 11.8 Å². The lowest BCUT2D eigenvalue weighted by atomic mass is 10.0. The number of halogens is 4. The van der Waals surface area contributed by atoms with E-state index < -0.39 is 11.7 Å². The van der Waals surface area contributed by atoms with Crippen LogP contribution in [0.2, 0.25) is 0 Å². The van der Waals surface area contributed by atoms with Crippen molar-refractivity contribution in [2.45, 2.75) is 19.5 Å². The quantitative estimate of drug-likeness (QED) is 0.519. The lowest BCUT2D eigenvalue weighted by Crippen LogP contribution is -2.07. The molecule has 0 saturated carbocycles. The fraction of sp³-hybridized carbons (Fsp3) is 0.333. The van der Waals surface area contributed by atoms with Gasteiger partial charge in [0.2, 0.25) is 0 Å². The largest absolute Gasteiger partial charge is 0.416 e. The van der Waals surface area contributed by atoms with Gasteiger partial charge >= 0.3 is 6.18 Å². The first kappa shape index (κ1) is 12.9. The minimum atomic E-state index is -4.30. The smallest absolute Gasteiger partial charge is 0.166 e. The summed E-state index contributed by atoms with van der Waals surface area (Å²) in [4.78, 5) is 0. The average molecular weight is 247 g/mol. The summed E-state index contributed by atoms with van der Waals surface area (Å²) in [5.41, 5.74) is 0.149. The maximum absolute atomic E-state index is 12.4. The van der Waals surface area contributed by atoms with Crippen molar-refractivity contribution in [1.82, 2.24) is 0 Å². The van der Waals surface area contributed by atoms with Crippen molar-refractivity contribution in [3.05, 3.63) is 34.9 Å². The number of alkyl halides is 4. The zero-order valence-electron chi connectivity index (χ0n) is 8.66. The third-order valence-corrected chi connectivity index (χ3v) is 2.17. The molecule has 0 heterocycles. The van der Waals surface area contributed by atoms with E-state index in [1.807, 2.05) is 0 Å². The van der Waals surface area contributed by atoms with Crippen molar-refractivity contribution in [2.24, 2.45) is 0 Å². The molecule has 0 amide bonds. The fourth-order valence-electron chi connectivity index (χ4n) is 1.27. The molecule has 0 aromatic heterocycles. The zero-order chi connectivity index (χ0) is 12.2. The molecular weight excluding hydrogens is 237 g/mol. The Morgan fingerprint density at radius 3 is 2.50 bits per heavy atom. The van der Waals surface area contributed by atoms with Gasteiger partial charge in [0.1, 0.15) is 0 Å². The van der Waals surface area contributed by atoms with Crippen molar-refractivity contribution < 1.29 is 13.2 Å². The van der Waals surface area contributed by atoms with Crippen LogP contribution in [-0.4, -0.2) is 5.88 Å². The Labute approximate surface area is 97.4 Å². The molecule has 0 radical (unpaired) electrons. The molecule has 1 aromatic carbocycles. The van der Waals surface area contributed by atoms with E-state index in [0.29, 0.717) is 17.9 Å². The highest BCUT2D eigenvalue weighted by molar-refractivity contribution is 6.18. The number of rotatable bonds is 1. The number of hydrogen-bond donors (Lipinski definition) is 0. The van der Waals surface area contributed by atoms with Crippen molar-refractivity contribution >= 4 is 11.6 Å². The van der Waals surface area contributed by atoms with E-state index in [0.717, 1.165) is 6.07 Å².